The van der Waals surface area contributed by atoms with E-state index in [1.165, 1.54) is 58.0 Å². The Balaban J connectivity index is 1.70. The Bertz CT molecular complexity index is 1210. The minimum Gasteiger partial charge on any atom is -0.0979 e. The summed E-state index contributed by atoms with van der Waals surface area (Å²) in [4.78, 5) is 0. The molecule has 0 radical (unpaired) electrons. The van der Waals surface area contributed by atoms with Gasteiger partial charge in [-0.15, -0.1) is 0 Å². The maximum absolute atomic E-state index is 3.32. The van der Waals surface area contributed by atoms with E-state index in [1.54, 1.807) is 0 Å². The zero-order valence-corrected chi connectivity index (χ0v) is 18.0. The molecule has 0 heterocycles. The van der Waals surface area contributed by atoms with Crippen LogP contribution in [0.25, 0.3) is 32.3 Å². The Morgan fingerprint density at radius 3 is 1.33 bits per heavy atom. The van der Waals surface area contributed by atoms with Gasteiger partial charge in [0.05, 0.1) is 0 Å². The molecular formula is C30H28. The van der Waals surface area contributed by atoms with Gasteiger partial charge in [-0.2, -0.15) is 0 Å². The van der Waals surface area contributed by atoms with Crippen LogP contribution in [0.3, 0.4) is 0 Å². The van der Waals surface area contributed by atoms with Crippen LogP contribution in [0, 0.1) is 23.7 Å². The van der Waals surface area contributed by atoms with Crippen molar-refractivity contribution < 1.29 is 0 Å². The number of unbranched alkanes of at least 4 members (excludes halogenated alkanes) is 4. The first-order valence-electron chi connectivity index (χ1n) is 11.2. The highest BCUT2D eigenvalue weighted by molar-refractivity contribution is 6.05. The van der Waals surface area contributed by atoms with E-state index in [2.05, 4.69) is 98.2 Å². The quantitative estimate of drug-likeness (QED) is 0.188. The zero-order chi connectivity index (χ0) is 20.8. The van der Waals surface area contributed by atoms with E-state index in [4.69, 9.17) is 0 Å². The lowest BCUT2D eigenvalue weighted by atomic mass is 9.98. The predicted molar refractivity (Wildman–Crippen MR) is 132 cm³/mol. The molecule has 0 nitrogen and oxygen atoms in total. The van der Waals surface area contributed by atoms with E-state index in [1.807, 2.05) is 0 Å². The molecule has 0 spiro atoms. The van der Waals surface area contributed by atoms with Gasteiger partial charge in [0, 0.05) is 24.0 Å². The second-order valence-corrected chi connectivity index (χ2v) is 7.99. The minimum atomic E-state index is 0.975. The summed E-state index contributed by atoms with van der Waals surface area (Å²) in [6.45, 7) is 4.41. The highest BCUT2D eigenvalue weighted by atomic mass is 14.1. The fourth-order valence-electron chi connectivity index (χ4n) is 3.76. The zero-order valence-electron chi connectivity index (χ0n) is 18.0. The van der Waals surface area contributed by atoms with Crippen molar-refractivity contribution in [2.24, 2.45) is 0 Å². The summed E-state index contributed by atoms with van der Waals surface area (Å²) < 4.78 is 0. The molecule has 0 aliphatic heterocycles. The summed E-state index contributed by atoms with van der Waals surface area (Å²) in [7, 11) is 0. The maximum atomic E-state index is 3.32. The van der Waals surface area contributed by atoms with Gasteiger partial charge in [0.15, 0.2) is 0 Å². The summed E-state index contributed by atoms with van der Waals surface area (Å²) in [5.41, 5.74) is 2.20. The van der Waals surface area contributed by atoms with Crippen LogP contribution >= 0.6 is 0 Å². The normalized spacial score (nSPS) is 10.6. The van der Waals surface area contributed by atoms with Crippen molar-refractivity contribution in [2.45, 2.75) is 52.4 Å². The van der Waals surface area contributed by atoms with E-state index in [0.29, 0.717) is 0 Å². The molecule has 0 aromatic heterocycles. The smallest absolute Gasteiger partial charge is 0.0251 e. The van der Waals surface area contributed by atoms with E-state index in [-0.39, 0.29) is 0 Å². The molecule has 0 saturated carbocycles. The number of benzene rings is 4. The highest BCUT2D eigenvalue weighted by Gasteiger charge is 2.03. The van der Waals surface area contributed by atoms with Crippen molar-refractivity contribution in [1.29, 1.82) is 0 Å². The molecule has 0 atom stereocenters. The molecular weight excluding hydrogens is 360 g/mol. The number of fused-ring (bicyclic) bond motifs is 3. The molecule has 0 aliphatic rings. The SMILES string of the molecule is CCCCC#Cc1ccc2cc3cc4cc(C#CCCCC)ccc4cc3cc2c1. The lowest BCUT2D eigenvalue weighted by Crippen LogP contribution is -1.82. The van der Waals surface area contributed by atoms with Crippen LogP contribution in [-0.2, 0) is 0 Å². The van der Waals surface area contributed by atoms with Gasteiger partial charge in [-0.3, -0.25) is 0 Å². The molecule has 0 bridgehead atoms. The molecule has 0 N–H and O–H groups in total. The molecule has 0 aliphatic carbocycles. The van der Waals surface area contributed by atoms with Gasteiger partial charge in [0.2, 0.25) is 0 Å². The summed E-state index contributed by atoms with van der Waals surface area (Å²) in [5.74, 6) is 13.2. The van der Waals surface area contributed by atoms with Crippen LogP contribution in [0.15, 0.2) is 60.7 Å². The van der Waals surface area contributed by atoms with Crippen LogP contribution in [0.1, 0.15) is 63.5 Å². The van der Waals surface area contributed by atoms with Crippen molar-refractivity contribution >= 4 is 32.3 Å². The molecule has 4 rings (SSSR count). The monoisotopic (exact) mass is 388 g/mol. The first-order valence-corrected chi connectivity index (χ1v) is 11.2. The third-order valence-corrected chi connectivity index (χ3v) is 5.53. The molecule has 0 unspecified atom stereocenters. The Morgan fingerprint density at radius 2 is 0.900 bits per heavy atom. The summed E-state index contributed by atoms with van der Waals surface area (Å²) in [6, 6.07) is 22.3. The van der Waals surface area contributed by atoms with Crippen LogP contribution in [0.5, 0.6) is 0 Å². The lowest BCUT2D eigenvalue weighted by molar-refractivity contribution is 0.828. The number of hydrogen-bond acceptors (Lipinski definition) is 0. The minimum absolute atomic E-state index is 0.975. The third kappa shape index (κ3) is 4.67. The van der Waals surface area contributed by atoms with Gasteiger partial charge in [0.25, 0.3) is 0 Å². The standard InChI is InChI=1S/C30H28/c1-3-5-7-9-11-23-13-15-25-19-30-22-28-18-24(12-10-8-6-4-2)14-16-26(28)20-29(30)21-27(25)17-23/h13-22H,3-8H2,1-2H3. The molecule has 148 valence electrons. The van der Waals surface area contributed by atoms with E-state index in [0.717, 1.165) is 24.0 Å². The topological polar surface area (TPSA) is 0 Å². The Labute approximate surface area is 180 Å². The molecule has 0 heteroatoms. The van der Waals surface area contributed by atoms with Gasteiger partial charge < -0.3 is 0 Å². The van der Waals surface area contributed by atoms with Gasteiger partial charge in [0.1, 0.15) is 0 Å². The second kappa shape index (κ2) is 9.52. The average Bonchev–Trinajstić information content (AvgIpc) is 2.77. The molecule has 0 saturated heterocycles. The highest BCUT2D eigenvalue weighted by Crippen LogP contribution is 2.28. The predicted octanol–water partition coefficient (Wildman–Crippen LogP) is 8.23. The molecule has 4 aromatic carbocycles. The van der Waals surface area contributed by atoms with Gasteiger partial charge in [-0.1, -0.05) is 62.5 Å². The van der Waals surface area contributed by atoms with Gasteiger partial charge in [-0.05, 0) is 93.7 Å². The lowest BCUT2D eigenvalue weighted by Gasteiger charge is -2.06. The Hall–Kier alpha value is -3.22. The largest absolute Gasteiger partial charge is 0.0979 e. The number of hydrogen-bond donors (Lipinski definition) is 0. The third-order valence-electron chi connectivity index (χ3n) is 5.53. The van der Waals surface area contributed by atoms with Crippen LogP contribution < -0.4 is 0 Å². The fraction of sp³-hybridized carbons (Fsp3) is 0.267. The van der Waals surface area contributed by atoms with Crippen molar-refractivity contribution in [3.63, 3.8) is 0 Å². The maximum Gasteiger partial charge on any atom is 0.0251 e. The van der Waals surface area contributed by atoms with E-state index >= 15 is 0 Å². The molecule has 4 aromatic rings. The Morgan fingerprint density at radius 1 is 0.500 bits per heavy atom. The fourth-order valence-corrected chi connectivity index (χ4v) is 3.76. The van der Waals surface area contributed by atoms with Crippen molar-refractivity contribution in [3.8, 4) is 23.7 Å². The van der Waals surface area contributed by atoms with Gasteiger partial charge in [-0.25, -0.2) is 0 Å². The average molecular weight is 389 g/mol. The summed E-state index contributed by atoms with van der Waals surface area (Å²) in [6.07, 6.45) is 6.68. The second-order valence-electron chi connectivity index (χ2n) is 7.99. The summed E-state index contributed by atoms with van der Waals surface area (Å²) in [5, 5.41) is 7.57. The molecule has 0 fully saturated rings. The summed E-state index contributed by atoms with van der Waals surface area (Å²) >= 11 is 0. The Kier molecular flexibility index (Phi) is 6.37. The first kappa shape index (κ1) is 20.1. The van der Waals surface area contributed by atoms with Crippen LogP contribution in [-0.4, -0.2) is 0 Å². The van der Waals surface area contributed by atoms with Crippen molar-refractivity contribution in [2.75, 3.05) is 0 Å². The van der Waals surface area contributed by atoms with Crippen molar-refractivity contribution in [3.05, 3.63) is 71.8 Å². The van der Waals surface area contributed by atoms with E-state index in [9.17, 15) is 0 Å². The molecule has 30 heavy (non-hydrogen) atoms. The first-order chi connectivity index (χ1) is 14.8. The van der Waals surface area contributed by atoms with E-state index < -0.39 is 0 Å². The van der Waals surface area contributed by atoms with Crippen molar-refractivity contribution in [1.82, 2.24) is 0 Å². The molecule has 0 amide bonds. The van der Waals surface area contributed by atoms with Crippen LogP contribution in [0.2, 0.25) is 0 Å². The van der Waals surface area contributed by atoms with Crippen LogP contribution in [0.4, 0.5) is 0 Å². The van der Waals surface area contributed by atoms with Gasteiger partial charge >= 0.3 is 0 Å². The number of rotatable bonds is 4.